The van der Waals surface area contributed by atoms with Crippen molar-refractivity contribution in [1.82, 2.24) is 0 Å². The van der Waals surface area contributed by atoms with E-state index in [1.165, 1.54) is 36.8 Å². The topological polar surface area (TPSA) is 17.1 Å². The summed E-state index contributed by atoms with van der Waals surface area (Å²) in [7, 11) is 0. The van der Waals surface area contributed by atoms with Gasteiger partial charge in [0.05, 0.1) is 0 Å². The number of rotatable bonds is 1. The summed E-state index contributed by atoms with van der Waals surface area (Å²) in [5.41, 5.74) is 3.46. The van der Waals surface area contributed by atoms with Crippen LogP contribution in [0.4, 0.5) is 0 Å². The maximum absolute atomic E-state index is 12.4. The van der Waals surface area contributed by atoms with Crippen molar-refractivity contribution < 1.29 is 4.79 Å². The number of carbonyl (C=O) groups is 1. The highest BCUT2D eigenvalue weighted by molar-refractivity contribution is 14.1. The molecule has 2 fully saturated rings. The zero-order valence-corrected chi connectivity index (χ0v) is 18.5. The highest BCUT2D eigenvalue weighted by atomic mass is 127. The number of hydrogen-bond acceptors (Lipinski definition) is 1. The Bertz CT molecular complexity index is 837. The van der Waals surface area contributed by atoms with Crippen LogP contribution in [-0.4, -0.2) is 5.78 Å². The molecule has 2 heteroatoms. The Morgan fingerprint density at radius 2 is 1.81 bits per heavy atom. The molecule has 0 amide bonds. The lowest BCUT2D eigenvalue weighted by Crippen LogP contribution is -2.51. The molecule has 1 nitrogen and oxygen atoms in total. The maximum Gasteiger partial charge on any atom is 0.155 e. The van der Waals surface area contributed by atoms with Gasteiger partial charge in [0.15, 0.2) is 5.78 Å². The largest absolute Gasteiger partial charge is 0.295 e. The summed E-state index contributed by atoms with van der Waals surface area (Å²) < 4.78 is 1.60. The van der Waals surface area contributed by atoms with E-state index in [0.29, 0.717) is 17.1 Å². The van der Waals surface area contributed by atoms with Crippen molar-refractivity contribution in [3.8, 4) is 0 Å². The summed E-state index contributed by atoms with van der Waals surface area (Å²) in [6.45, 7) is 5.02. The van der Waals surface area contributed by atoms with E-state index in [1.54, 1.807) is 3.58 Å². The van der Waals surface area contributed by atoms with Gasteiger partial charge in [0.2, 0.25) is 0 Å². The zero-order valence-electron chi connectivity index (χ0n) is 16.4. The van der Waals surface area contributed by atoms with Crippen LogP contribution in [0.5, 0.6) is 0 Å². The van der Waals surface area contributed by atoms with Crippen LogP contribution in [0.3, 0.4) is 0 Å². The number of carbonyl (C=O) groups excluding carboxylic acids is 1. The van der Waals surface area contributed by atoms with Crippen LogP contribution in [0.2, 0.25) is 0 Å². The molecule has 6 atom stereocenters. The number of halogens is 1. The summed E-state index contributed by atoms with van der Waals surface area (Å²) in [5, 5.41) is 0. The van der Waals surface area contributed by atoms with Crippen molar-refractivity contribution >= 4 is 28.4 Å². The van der Waals surface area contributed by atoms with Gasteiger partial charge in [-0.3, -0.25) is 4.79 Å². The molecule has 0 radical (unpaired) electrons. The second kappa shape index (κ2) is 6.30. The van der Waals surface area contributed by atoms with Crippen LogP contribution in [0.1, 0.15) is 63.9 Å². The van der Waals surface area contributed by atoms with Crippen LogP contribution in [0, 0.1) is 28.6 Å². The molecule has 0 heterocycles. The fraction of sp³-hybridized carbons (Fsp3) is 0.560. The van der Waals surface area contributed by atoms with Crippen LogP contribution < -0.4 is 0 Å². The number of hydrogen-bond donors (Lipinski definition) is 0. The van der Waals surface area contributed by atoms with Gasteiger partial charge in [-0.1, -0.05) is 55.8 Å². The Kier molecular flexibility index (Phi) is 4.24. The summed E-state index contributed by atoms with van der Waals surface area (Å²) in [5.74, 6) is 3.06. The molecule has 0 aliphatic heterocycles. The van der Waals surface area contributed by atoms with E-state index in [2.05, 4.69) is 78.9 Å². The Morgan fingerprint density at radius 1 is 1.04 bits per heavy atom. The van der Waals surface area contributed by atoms with Gasteiger partial charge in [-0.25, -0.2) is 0 Å². The van der Waals surface area contributed by atoms with Crippen molar-refractivity contribution in [3.05, 3.63) is 57.2 Å². The number of fused-ring (bicyclic) bond motifs is 5. The Labute approximate surface area is 176 Å². The Balaban J connectivity index is 1.61. The average Bonchev–Trinajstić information content (AvgIpc) is 2.98. The molecule has 142 valence electrons. The first-order chi connectivity index (χ1) is 12.9. The van der Waals surface area contributed by atoms with Crippen molar-refractivity contribution in [3.63, 3.8) is 0 Å². The lowest BCUT2D eigenvalue weighted by Gasteiger charge is -2.59. The van der Waals surface area contributed by atoms with E-state index in [4.69, 9.17) is 0 Å². The van der Waals surface area contributed by atoms with Gasteiger partial charge >= 0.3 is 0 Å². The molecule has 1 aromatic carbocycles. The quantitative estimate of drug-likeness (QED) is 0.409. The van der Waals surface area contributed by atoms with Crippen molar-refractivity contribution in [2.24, 2.45) is 28.6 Å². The Morgan fingerprint density at radius 3 is 2.59 bits per heavy atom. The standard InChI is InChI=1S/C25H29IO/c1-24-12-10-17(27)14-22(24)18(16-6-4-3-5-7-16)15-19-20-8-9-23(26)25(20,2)13-11-21(19)24/h3-7,9,14,18-21H,8,10-13,15H2,1-2H3/t18?,19-,20-,21-,24+,25-/m0/s1. The molecular formula is C25H29IO. The summed E-state index contributed by atoms with van der Waals surface area (Å²) in [6, 6.07) is 11.0. The average molecular weight is 472 g/mol. The van der Waals surface area contributed by atoms with E-state index >= 15 is 0 Å². The molecule has 0 aromatic heterocycles. The highest BCUT2D eigenvalue weighted by Crippen LogP contribution is 2.68. The lowest BCUT2D eigenvalue weighted by atomic mass is 9.45. The van der Waals surface area contributed by atoms with E-state index in [1.807, 2.05) is 0 Å². The molecule has 4 aliphatic carbocycles. The number of ketones is 1. The first-order valence-electron chi connectivity index (χ1n) is 10.6. The molecule has 0 spiro atoms. The first-order valence-corrected chi connectivity index (χ1v) is 11.7. The molecule has 1 unspecified atom stereocenters. The van der Waals surface area contributed by atoms with E-state index in [9.17, 15) is 4.79 Å². The molecule has 0 saturated heterocycles. The van der Waals surface area contributed by atoms with Crippen LogP contribution in [0.25, 0.3) is 0 Å². The number of allylic oxidation sites excluding steroid dienone is 4. The van der Waals surface area contributed by atoms with E-state index in [-0.39, 0.29) is 5.41 Å². The van der Waals surface area contributed by atoms with Gasteiger partial charge in [0.25, 0.3) is 0 Å². The zero-order chi connectivity index (χ0) is 18.8. The molecule has 27 heavy (non-hydrogen) atoms. The monoisotopic (exact) mass is 472 g/mol. The van der Waals surface area contributed by atoms with Crippen molar-refractivity contribution in [2.75, 3.05) is 0 Å². The van der Waals surface area contributed by atoms with Crippen LogP contribution in [-0.2, 0) is 4.79 Å². The van der Waals surface area contributed by atoms with Crippen LogP contribution in [0.15, 0.2) is 51.6 Å². The fourth-order valence-corrected chi connectivity index (χ4v) is 8.08. The minimum absolute atomic E-state index is 0.201. The molecule has 1 aromatic rings. The lowest BCUT2D eigenvalue weighted by molar-refractivity contribution is -0.117. The summed E-state index contributed by atoms with van der Waals surface area (Å²) in [6.07, 6.45) is 11.5. The van der Waals surface area contributed by atoms with Gasteiger partial charge in [-0.15, -0.1) is 0 Å². The maximum atomic E-state index is 12.4. The predicted octanol–water partition coefficient (Wildman–Crippen LogP) is 6.84. The normalized spacial score (nSPS) is 43.3. The van der Waals surface area contributed by atoms with E-state index in [0.717, 1.165) is 30.6 Å². The minimum atomic E-state index is 0.201. The van der Waals surface area contributed by atoms with Gasteiger partial charge in [-0.05, 0) is 93.1 Å². The molecule has 5 rings (SSSR count). The molecule has 0 bridgehead atoms. The van der Waals surface area contributed by atoms with Crippen LogP contribution >= 0.6 is 22.6 Å². The molecule has 0 N–H and O–H groups in total. The third-order valence-corrected chi connectivity index (χ3v) is 10.4. The number of benzene rings is 1. The highest BCUT2D eigenvalue weighted by Gasteiger charge is 2.58. The third kappa shape index (κ3) is 2.58. The van der Waals surface area contributed by atoms with Gasteiger partial charge in [-0.2, -0.15) is 0 Å². The molecule has 4 aliphatic rings. The van der Waals surface area contributed by atoms with Crippen molar-refractivity contribution in [2.45, 2.75) is 58.3 Å². The SMILES string of the molecule is C[C@]12CCC(=O)C=C1C(c1ccccc1)C[C@@H]1[C@@H]2CC[C@]2(C)C(I)=CC[C@@H]12. The fourth-order valence-electron chi connectivity index (χ4n) is 7.16. The smallest absolute Gasteiger partial charge is 0.155 e. The second-order valence-electron chi connectivity index (χ2n) is 9.80. The molecule has 2 saturated carbocycles. The molecular weight excluding hydrogens is 443 g/mol. The summed E-state index contributed by atoms with van der Waals surface area (Å²) in [4.78, 5) is 12.4. The van der Waals surface area contributed by atoms with E-state index < -0.39 is 0 Å². The van der Waals surface area contributed by atoms with Gasteiger partial charge in [0, 0.05) is 17.8 Å². The Hall–Kier alpha value is -0.900. The minimum Gasteiger partial charge on any atom is -0.295 e. The van der Waals surface area contributed by atoms with Gasteiger partial charge < -0.3 is 0 Å². The summed E-state index contributed by atoms with van der Waals surface area (Å²) >= 11 is 2.61. The second-order valence-corrected chi connectivity index (χ2v) is 11.0. The van der Waals surface area contributed by atoms with Gasteiger partial charge in [0.1, 0.15) is 0 Å². The third-order valence-electron chi connectivity index (χ3n) is 8.69. The van der Waals surface area contributed by atoms with Crippen molar-refractivity contribution in [1.29, 1.82) is 0 Å². The predicted molar refractivity (Wildman–Crippen MR) is 119 cm³/mol. The first kappa shape index (κ1) is 18.1.